The molecule has 1 saturated carbocycles. The Labute approximate surface area is 196 Å². The Balaban J connectivity index is 1.51. The van der Waals surface area contributed by atoms with Crippen LogP contribution < -0.4 is 10.2 Å². The van der Waals surface area contributed by atoms with Crippen LogP contribution in [-0.4, -0.2) is 39.5 Å². The third-order valence-electron chi connectivity index (χ3n) is 6.24. The van der Waals surface area contributed by atoms with Gasteiger partial charge in [-0.2, -0.15) is 10.4 Å². The fourth-order valence-corrected chi connectivity index (χ4v) is 4.12. The molecule has 8 heteroatoms. The number of amides is 2. The Morgan fingerprint density at radius 2 is 1.88 bits per heavy atom. The molecule has 0 radical (unpaired) electrons. The van der Waals surface area contributed by atoms with Crippen LogP contribution in [0, 0.1) is 11.3 Å². The fourth-order valence-electron chi connectivity index (χ4n) is 4.12. The molecule has 0 unspecified atom stereocenters. The van der Waals surface area contributed by atoms with Gasteiger partial charge in [-0.3, -0.25) is 14.5 Å². The Hall–Kier alpha value is -4.51. The molecule has 0 bridgehead atoms. The van der Waals surface area contributed by atoms with Gasteiger partial charge in [0.2, 0.25) is 0 Å². The highest BCUT2D eigenvalue weighted by atomic mass is 16.2. The van der Waals surface area contributed by atoms with Gasteiger partial charge >= 0.3 is 0 Å². The largest absolute Gasteiger partial charge is 0.355 e. The van der Waals surface area contributed by atoms with Crippen LogP contribution in [0.25, 0.3) is 16.6 Å². The van der Waals surface area contributed by atoms with E-state index in [2.05, 4.69) is 21.5 Å². The number of rotatable bonds is 5. The van der Waals surface area contributed by atoms with Crippen LogP contribution in [0.4, 0.5) is 5.82 Å². The third kappa shape index (κ3) is 3.77. The zero-order valence-corrected chi connectivity index (χ0v) is 18.6. The van der Waals surface area contributed by atoms with Crippen LogP contribution in [0.2, 0.25) is 0 Å². The minimum atomic E-state index is -0.146. The maximum Gasteiger partial charge on any atom is 0.259 e. The second kappa shape index (κ2) is 8.79. The van der Waals surface area contributed by atoms with E-state index < -0.39 is 0 Å². The first-order chi connectivity index (χ1) is 16.6. The van der Waals surface area contributed by atoms with Crippen molar-refractivity contribution in [3.63, 3.8) is 0 Å². The third-order valence-corrected chi connectivity index (χ3v) is 6.24. The molecule has 1 aliphatic carbocycles. The van der Waals surface area contributed by atoms with E-state index in [1.807, 2.05) is 18.2 Å². The molecule has 0 aliphatic heterocycles. The molecule has 8 nitrogen and oxygen atoms in total. The highest BCUT2D eigenvalue weighted by Gasteiger charge is 2.32. The second-order valence-corrected chi connectivity index (χ2v) is 8.24. The minimum absolute atomic E-state index is 0.0887. The van der Waals surface area contributed by atoms with Gasteiger partial charge in [-0.1, -0.05) is 12.1 Å². The second-order valence-electron chi connectivity index (χ2n) is 8.24. The molecular weight excluding hydrogens is 428 g/mol. The summed E-state index contributed by atoms with van der Waals surface area (Å²) < 4.78 is 1.73. The predicted octanol–water partition coefficient (Wildman–Crippen LogP) is 3.83. The number of nitrogens with one attached hydrogen (secondary N) is 1. The number of hydrogen-bond acceptors (Lipinski definition) is 5. The van der Waals surface area contributed by atoms with Gasteiger partial charge in [0, 0.05) is 42.2 Å². The first-order valence-corrected chi connectivity index (χ1v) is 11.1. The zero-order valence-electron chi connectivity index (χ0n) is 18.6. The summed E-state index contributed by atoms with van der Waals surface area (Å²) in [5.41, 5.74) is 4.12. The molecule has 3 aromatic heterocycles. The summed E-state index contributed by atoms with van der Waals surface area (Å²) >= 11 is 0. The van der Waals surface area contributed by atoms with E-state index in [-0.39, 0.29) is 17.9 Å². The van der Waals surface area contributed by atoms with E-state index in [1.54, 1.807) is 59.2 Å². The van der Waals surface area contributed by atoms with Crippen molar-refractivity contribution >= 4 is 23.1 Å². The quantitative estimate of drug-likeness (QED) is 0.498. The summed E-state index contributed by atoms with van der Waals surface area (Å²) in [6, 6.07) is 16.4. The fraction of sp³-hybridized carbons (Fsp3) is 0.192. The van der Waals surface area contributed by atoms with E-state index in [0.717, 1.165) is 35.9 Å². The number of hydrogen-bond donors (Lipinski definition) is 1. The minimum Gasteiger partial charge on any atom is -0.355 e. The summed E-state index contributed by atoms with van der Waals surface area (Å²) in [7, 11) is 1.60. The smallest absolute Gasteiger partial charge is 0.259 e. The van der Waals surface area contributed by atoms with Gasteiger partial charge < -0.3 is 5.32 Å². The van der Waals surface area contributed by atoms with Gasteiger partial charge in [-0.15, -0.1) is 0 Å². The molecule has 1 fully saturated rings. The molecule has 4 aromatic rings. The van der Waals surface area contributed by atoms with Crippen molar-refractivity contribution in [3.8, 4) is 17.2 Å². The number of anilines is 1. The molecule has 3 heterocycles. The number of nitriles is 1. The molecular formula is C26H22N6O2. The maximum atomic E-state index is 13.6. The summed E-state index contributed by atoms with van der Waals surface area (Å²) in [5.74, 6) is 0.269. The lowest BCUT2D eigenvalue weighted by molar-refractivity contribution is 0.0955. The highest BCUT2D eigenvalue weighted by molar-refractivity contribution is 6.07. The van der Waals surface area contributed by atoms with Crippen molar-refractivity contribution in [2.24, 2.45) is 0 Å². The molecule has 1 aliphatic rings. The van der Waals surface area contributed by atoms with Gasteiger partial charge in [0.25, 0.3) is 11.8 Å². The van der Waals surface area contributed by atoms with Gasteiger partial charge in [-0.05, 0) is 61.2 Å². The van der Waals surface area contributed by atoms with E-state index in [4.69, 9.17) is 5.26 Å². The molecule has 0 atom stereocenters. The lowest BCUT2D eigenvalue weighted by Gasteiger charge is -2.36. The number of aromatic nitrogens is 3. The topological polar surface area (TPSA) is 103 Å². The standard InChI is InChI=1S/C26H22N6O2/c1-28-25(33)19-8-6-18(7-9-19)22-16-30-31-12-11-20(13-23(22)31)26(34)32(21-3-2-4-21)24-10-5-17(14-27)15-29-24/h5-13,15-16,21H,2-4H2,1H3,(H,28,33). The van der Waals surface area contributed by atoms with Crippen molar-refractivity contribution in [2.75, 3.05) is 11.9 Å². The highest BCUT2D eigenvalue weighted by Crippen LogP contribution is 2.31. The Morgan fingerprint density at radius 3 is 2.50 bits per heavy atom. The number of pyridine rings is 2. The van der Waals surface area contributed by atoms with Gasteiger partial charge in [-0.25, -0.2) is 9.50 Å². The Kier molecular flexibility index (Phi) is 5.52. The average molecular weight is 451 g/mol. The maximum absolute atomic E-state index is 13.6. The molecule has 34 heavy (non-hydrogen) atoms. The van der Waals surface area contributed by atoms with Crippen molar-refractivity contribution in [1.29, 1.82) is 5.26 Å². The molecule has 2 amide bonds. The lowest BCUT2D eigenvalue weighted by Crippen LogP contribution is -2.45. The van der Waals surface area contributed by atoms with Gasteiger partial charge in [0.1, 0.15) is 11.9 Å². The monoisotopic (exact) mass is 450 g/mol. The van der Waals surface area contributed by atoms with Crippen LogP contribution in [0.3, 0.4) is 0 Å². The van der Waals surface area contributed by atoms with Crippen molar-refractivity contribution in [2.45, 2.75) is 25.3 Å². The summed E-state index contributed by atoms with van der Waals surface area (Å²) in [5, 5.41) is 16.1. The first-order valence-electron chi connectivity index (χ1n) is 11.1. The average Bonchev–Trinajstić information content (AvgIpc) is 3.28. The van der Waals surface area contributed by atoms with Gasteiger partial charge in [0.05, 0.1) is 17.3 Å². The number of nitrogens with zero attached hydrogens (tertiary/aromatic N) is 5. The van der Waals surface area contributed by atoms with Crippen LogP contribution in [0.5, 0.6) is 0 Å². The SMILES string of the molecule is CNC(=O)c1ccc(-c2cnn3ccc(C(=O)N(c4ccc(C#N)cn4)C4CCC4)cc23)cc1. The summed E-state index contributed by atoms with van der Waals surface area (Å²) in [6.07, 6.45) is 7.94. The normalized spacial score (nSPS) is 13.2. The zero-order chi connectivity index (χ0) is 23.7. The predicted molar refractivity (Wildman–Crippen MR) is 127 cm³/mol. The summed E-state index contributed by atoms with van der Waals surface area (Å²) in [4.78, 5) is 31.6. The molecule has 1 aromatic carbocycles. The molecule has 1 N–H and O–H groups in total. The number of carbonyl (C=O) groups is 2. The van der Waals surface area contributed by atoms with Crippen molar-refractivity contribution in [3.05, 3.63) is 83.8 Å². The van der Waals surface area contributed by atoms with Crippen LogP contribution in [-0.2, 0) is 0 Å². The lowest BCUT2D eigenvalue weighted by atomic mass is 9.91. The van der Waals surface area contributed by atoms with Crippen LogP contribution in [0.1, 0.15) is 45.5 Å². The Bertz CT molecular complexity index is 1410. The number of fused-ring (bicyclic) bond motifs is 1. The van der Waals surface area contributed by atoms with Crippen LogP contribution in [0.15, 0.2) is 67.1 Å². The molecule has 5 rings (SSSR count). The van der Waals surface area contributed by atoms with Gasteiger partial charge in [0.15, 0.2) is 0 Å². The van der Waals surface area contributed by atoms with Crippen molar-refractivity contribution < 1.29 is 9.59 Å². The summed E-state index contributed by atoms with van der Waals surface area (Å²) in [6.45, 7) is 0. The molecule has 168 valence electrons. The number of carbonyl (C=O) groups excluding carboxylic acids is 2. The van der Waals surface area contributed by atoms with Crippen molar-refractivity contribution in [1.82, 2.24) is 19.9 Å². The van der Waals surface area contributed by atoms with Crippen LogP contribution >= 0.6 is 0 Å². The number of benzene rings is 1. The van der Waals surface area contributed by atoms with E-state index in [0.29, 0.717) is 22.5 Å². The van der Waals surface area contributed by atoms with E-state index >= 15 is 0 Å². The Morgan fingerprint density at radius 1 is 1.09 bits per heavy atom. The molecule has 0 saturated heterocycles. The van der Waals surface area contributed by atoms with E-state index in [9.17, 15) is 9.59 Å². The first kappa shape index (κ1) is 21.3. The van der Waals surface area contributed by atoms with E-state index in [1.165, 1.54) is 6.20 Å². The molecule has 0 spiro atoms.